The maximum Gasteiger partial charge on any atom is 0.244 e. The Morgan fingerprint density at radius 2 is 1.87 bits per heavy atom. The fraction of sp³-hybridized carbons (Fsp3) is 0.533. The molecule has 1 saturated carbocycles. The first-order chi connectivity index (χ1) is 10.7. The number of hydrogen-bond acceptors (Lipinski definition) is 5. The molecule has 1 aromatic rings. The van der Waals surface area contributed by atoms with E-state index in [9.17, 15) is 18.3 Å². The maximum atomic E-state index is 12.2. The number of nitrogens with zero attached hydrogens (tertiary/aromatic N) is 1. The standard InChI is InChI=1S/C15H21ClN2O4S/c1-18(2)23(21,22)14-8-11(15(19)20)13(9-12(14)16)17-10-6-4-3-5-7-10/h8-10,17H,3-7H2,1-2H3,(H,19,20)/p-1. The number of carbonyl (C=O) groups is 1. The van der Waals surface area contributed by atoms with Gasteiger partial charge in [0.25, 0.3) is 0 Å². The van der Waals surface area contributed by atoms with Gasteiger partial charge in [-0.1, -0.05) is 30.9 Å². The van der Waals surface area contributed by atoms with Gasteiger partial charge >= 0.3 is 0 Å². The summed E-state index contributed by atoms with van der Waals surface area (Å²) >= 11 is 6.09. The Labute approximate surface area is 141 Å². The van der Waals surface area contributed by atoms with Crippen molar-refractivity contribution in [1.29, 1.82) is 0 Å². The summed E-state index contributed by atoms with van der Waals surface area (Å²) in [6.45, 7) is 0. The largest absolute Gasteiger partial charge is 0.545 e. The van der Waals surface area contributed by atoms with Gasteiger partial charge < -0.3 is 15.2 Å². The Morgan fingerprint density at radius 3 is 2.39 bits per heavy atom. The molecule has 0 amide bonds. The Kier molecular flexibility index (Phi) is 5.54. The van der Waals surface area contributed by atoms with Crippen LogP contribution in [0.2, 0.25) is 5.02 Å². The molecule has 6 nitrogen and oxygen atoms in total. The van der Waals surface area contributed by atoms with Crippen LogP contribution in [0, 0.1) is 0 Å². The van der Waals surface area contributed by atoms with Crippen LogP contribution in [0.15, 0.2) is 17.0 Å². The van der Waals surface area contributed by atoms with E-state index in [2.05, 4.69) is 5.32 Å². The van der Waals surface area contributed by atoms with E-state index >= 15 is 0 Å². The van der Waals surface area contributed by atoms with Gasteiger partial charge in [-0.3, -0.25) is 0 Å². The summed E-state index contributed by atoms with van der Waals surface area (Å²) < 4.78 is 25.5. The molecule has 0 bridgehead atoms. The van der Waals surface area contributed by atoms with Gasteiger partial charge in [0, 0.05) is 31.4 Å². The minimum atomic E-state index is -3.83. The molecule has 0 aromatic heterocycles. The highest BCUT2D eigenvalue weighted by Gasteiger charge is 2.24. The second-order valence-electron chi connectivity index (χ2n) is 5.88. The van der Waals surface area contributed by atoms with Gasteiger partial charge in [-0.15, -0.1) is 0 Å². The normalized spacial score (nSPS) is 16.5. The summed E-state index contributed by atoms with van der Waals surface area (Å²) in [6.07, 6.45) is 5.23. The molecule has 0 heterocycles. The summed E-state index contributed by atoms with van der Waals surface area (Å²) in [5.41, 5.74) is 0.111. The Balaban J connectivity index is 2.44. The van der Waals surface area contributed by atoms with E-state index < -0.39 is 16.0 Å². The van der Waals surface area contributed by atoms with Crippen LogP contribution >= 0.6 is 11.6 Å². The highest BCUT2D eigenvalue weighted by atomic mass is 35.5. The van der Waals surface area contributed by atoms with Crippen molar-refractivity contribution < 1.29 is 18.3 Å². The van der Waals surface area contributed by atoms with E-state index in [1.54, 1.807) is 0 Å². The van der Waals surface area contributed by atoms with E-state index in [-0.39, 0.29) is 21.5 Å². The number of carboxylic acid groups (broad SMARTS) is 1. The Bertz CT molecular complexity index is 698. The van der Waals surface area contributed by atoms with E-state index in [1.165, 1.54) is 26.6 Å². The van der Waals surface area contributed by atoms with Crippen LogP contribution in [0.1, 0.15) is 42.5 Å². The number of rotatable bonds is 5. The van der Waals surface area contributed by atoms with E-state index in [4.69, 9.17) is 11.6 Å². The van der Waals surface area contributed by atoms with Gasteiger partial charge in [0.1, 0.15) is 4.90 Å². The minimum absolute atomic E-state index is 0.0120. The summed E-state index contributed by atoms with van der Waals surface area (Å²) in [7, 11) is -1.11. The topological polar surface area (TPSA) is 89.5 Å². The number of benzene rings is 1. The average molecular weight is 360 g/mol. The molecular formula is C15H20ClN2O4S-. The maximum absolute atomic E-state index is 12.2. The van der Waals surface area contributed by atoms with Crippen LogP contribution in [0.3, 0.4) is 0 Å². The fourth-order valence-electron chi connectivity index (χ4n) is 2.70. The summed E-state index contributed by atoms with van der Waals surface area (Å²) in [6, 6.07) is 2.59. The van der Waals surface area contributed by atoms with Crippen molar-refractivity contribution in [2.24, 2.45) is 0 Å². The number of nitrogens with one attached hydrogen (secondary N) is 1. The lowest BCUT2D eigenvalue weighted by Gasteiger charge is -2.26. The average Bonchev–Trinajstić information content (AvgIpc) is 2.47. The number of hydrogen-bond donors (Lipinski definition) is 1. The zero-order valence-electron chi connectivity index (χ0n) is 13.1. The van der Waals surface area contributed by atoms with Crippen LogP contribution in [-0.2, 0) is 10.0 Å². The predicted octanol–water partition coefficient (Wildman–Crippen LogP) is 1.70. The van der Waals surface area contributed by atoms with Crippen LogP contribution < -0.4 is 10.4 Å². The lowest BCUT2D eigenvalue weighted by Crippen LogP contribution is -2.29. The van der Waals surface area contributed by atoms with Gasteiger partial charge in [0.2, 0.25) is 10.0 Å². The molecule has 1 fully saturated rings. The Morgan fingerprint density at radius 1 is 1.26 bits per heavy atom. The van der Waals surface area contributed by atoms with Crippen LogP contribution in [-0.4, -0.2) is 38.8 Å². The molecule has 8 heteroatoms. The number of halogens is 1. The van der Waals surface area contributed by atoms with Crippen LogP contribution in [0.25, 0.3) is 0 Å². The number of sulfonamides is 1. The first-order valence-corrected chi connectivity index (χ1v) is 9.29. The molecule has 1 aliphatic carbocycles. The molecule has 0 spiro atoms. The van der Waals surface area contributed by atoms with E-state index in [0.29, 0.717) is 5.69 Å². The molecule has 1 aromatic carbocycles. The van der Waals surface area contributed by atoms with Gasteiger partial charge in [-0.05, 0) is 25.0 Å². The number of aromatic carboxylic acids is 1. The molecule has 128 valence electrons. The monoisotopic (exact) mass is 359 g/mol. The fourth-order valence-corrected chi connectivity index (χ4v) is 4.12. The second-order valence-corrected chi connectivity index (χ2v) is 8.41. The van der Waals surface area contributed by atoms with Crippen molar-refractivity contribution in [2.75, 3.05) is 19.4 Å². The molecule has 0 aliphatic heterocycles. The molecule has 0 atom stereocenters. The first kappa shape index (κ1) is 18.0. The molecule has 0 radical (unpaired) electrons. The number of carbonyl (C=O) groups excluding carboxylic acids is 1. The lowest BCUT2D eigenvalue weighted by molar-refractivity contribution is -0.254. The van der Waals surface area contributed by atoms with Gasteiger partial charge in [-0.25, -0.2) is 12.7 Å². The third-order valence-electron chi connectivity index (χ3n) is 4.02. The molecule has 1 aliphatic rings. The van der Waals surface area contributed by atoms with Crippen molar-refractivity contribution in [3.63, 3.8) is 0 Å². The van der Waals surface area contributed by atoms with Gasteiger partial charge in [0.15, 0.2) is 0 Å². The third kappa shape index (κ3) is 3.97. The SMILES string of the molecule is CN(C)S(=O)(=O)c1cc(C(=O)[O-])c(NC2CCCCC2)cc1Cl. The zero-order chi connectivity index (χ0) is 17.2. The smallest absolute Gasteiger partial charge is 0.244 e. The summed E-state index contributed by atoms with van der Waals surface area (Å²) in [5.74, 6) is -1.44. The van der Waals surface area contributed by atoms with Crippen molar-refractivity contribution >= 4 is 33.3 Å². The molecule has 0 saturated heterocycles. The predicted molar refractivity (Wildman–Crippen MR) is 87.2 cm³/mol. The first-order valence-electron chi connectivity index (χ1n) is 7.47. The van der Waals surface area contributed by atoms with Crippen molar-refractivity contribution in [2.45, 2.75) is 43.0 Å². The molecule has 1 N–H and O–H groups in total. The Hall–Kier alpha value is -1.31. The third-order valence-corrected chi connectivity index (χ3v) is 6.30. The quantitative estimate of drug-likeness (QED) is 0.864. The minimum Gasteiger partial charge on any atom is -0.545 e. The van der Waals surface area contributed by atoms with Crippen molar-refractivity contribution in [3.8, 4) is 0 Å². The van der Waals surface area contributed by atoms with E-state index in [1.807, 2.05) is 0 Å². The number of anilines is 1. The lowest BCUT2D eigenvalue weighted by atomic mass is 9.95. The summed E-state index contributed by atoms with van der Waals surface area (Å²) in [4.78, 5) is 11.2. The van der Waals surface area contributed by atoms with Crippen LogP contribution in [0.4, 0.5) is 5.69 Å². The summed E-state index contributed by atoms with van der Waals surface area (Å²) in [5, 5.41) is 14.6. The van der Waals surface area contributed by atoms with Crippen molar-refractivity contribution in [3.05, 3.63) is 22.7 Å². The van der Waals surface area contributed by atoms with Crippen molar-refractivity contribution in [1.82, 2.24) is 4.31 Å². The highest BCUT2D eigenvalue weighted by molar-refractivity contribution is 7.89. The molecular weight excluding hydrogens is 340 g/mol. The van der Waals surface area contributed by atoms with E-state index in [0.717, 1.165) is 36.1 Å². The second kappa shape index (κ2) is 7.07. The highest BCUT2D eigenvalue weighted by Crippen LogP contribution is 2.31. The van der Waals surface area contributed by atoms with Gasteiger partial charge in [-0.2, -0.15) is 0 Å². The number of carboxylic acids is 1. The zero-order valence-corrected chi connectivity index (χ0v) is 14.7. The molecule has 0 unspecified atom stereocenters. The van der Waals surface area contributed by atoms with Crippen LogP contribution in [0.5, 0.6) is 0 Å². The molecule has 2 rings (SSSR count). The van der Waals surface area contributed by atoms with Gasteiger partial charge in [0.05, 0.1) is 11.0 Å². The molecule has 23 heavy (non-hydrogen) atoms.